The summed E-state index contributed by atoms with van der Waals surface area (Å²) in [6.45, 7) is 0. The summed E-state index contributed by atoms with van der Waals surface area (Å²) in [4.78, 5) is 14.8. The van der Waals surface area contributed by atoms with E-state index in [0.717, 1.165) is 0 Å². The first-order valence-corrected chi connectivity index (χ1v) is 5.43. The van der Waals surface area contributed by atoms with Gasteiger partial charge >= 0.3 is 0 Å². The zero-order chi connectivity index (χ0) is 13.1. The molecule has 1 amide bonds. The molecular formula is C12H10ClN3O2. The van der Waals surface area contributed by atoms with Crippen LogP contribution < -0.4 is 16.2 Å². The molecule has 2 rings (SSSR count). The number of anilines is 1. The molecule has 0 unspecified atom stereocenters. The summed E-state index contributed by atoms with van der Waals surface area (Å²) in [7, 11) is 0. The summed E-state index contributed by atoms with van der Waals surface area (Å²) in [6, 6.07) is 7.92. The minimum Gasteiger partial charge on any atom is -0.456 e. The normalized spacial score (nSPS) is 10.1. The number of halogens is 1. The van der Waals surface area contributed by atoms with E-state index in [0.29, 0.717) is 22.2 Å². The average Bonchev–Trinajstić information content (AvgIpc) is 2.33. The number of primary amides is 1. The highest BCUT2D eigenvalue weighted by atomic mass is 35.5. The van der Waals surface area contributed by atoms with Crippen molar-refractivity contribution in [2.45, 2.75) is 0 Å². The lowest BCUT2D eigenvalue weighted by Gasteiger charge is -2.08. The van der Waals surface area contributed by atoms with Crippen LogP contribution in [-0.2, 0) is 0 Å². The second-order valence-corrected chi connectivity index (χ2v) is 3.94. The quantitative estimate of drug-likeness (QED) is 0.831. The maximum Gasteiger partial charge on any atom is 0.267 e. The van der Waals surface area contributed by atoms with E-state index < -0.39 is 5.91 Å². The largest absolute Gasteiger partial charge is 0.456 e. The summed E-state index contributed by atoms with van der Waals surface area (Å²) >= 11 is 5.97. The van der Waals surface area contributed by atoms with Gasteiger partial charge < -0.3 is 16.2 Å². The van der Waals surface area contributed by atoms with Gasteiger partial charge in [0.2, 0.25) is 0 Å². The van der Waals surface area contributed by atoms with Crippen LogP contribution in [0.1, 0.15) is 10.5 Å². The van der Waals surface area contributed by atoms with Crippen LogP contribution >= 0.6 is 11.6 Å². The first-order valence-electron chi connectivity index (χ1n) is 5.05. The fourth-order valence-electron chi connectivity index (χ4n) is 1.34. The van der Waals surface area contributed by atoms with Crippen molar-refractivity contribution in [3.63, 3.8) is 0 Å². The molecule has 0 aliphatic heterocycles. The monoisotopic (exact) mass is 263 g/mol. The predicted octanol–water partition coefficient (Wildman–Crippen LogP) is 2.21. The molecule has 0 saturated heterocycles. The van der Waals surface area contributed by atoms with E-state index >= 15 is 0 Å². The van der Waals surface area contributed by atoms with Gasteiger partial charge in [-0.15, -0.1) is 0 Å². The molecule has 92 valence electrons. The van der Waals surface area contributed by atoms with E-state index in [2.05, 4.69) is 4.98 Å². The van der Waals surface area contributed by atoms with Gasteiger partial charge in [0, 0.05) is 18.0 Å². The Balaban J connectivity index is 2.28. The number of carbonyl (C=O) groups is 1. The Morgan fingerprint density at radius 3 is 2.72 bits per heavy atom. The van der Waals surface area contributed by atoms with Crippen LogP contribution in [0.3, 0.4) is 0 Å². The van der Waals surface area contributed by atoms with Crippen molar-refractivity contribution >= 4 is 23.2 Å². The maximum absolute atomic E-state index is 11.0. The predicted molar refractivity (Wildman–Crippen MR) is 68.7 cm³/mol. The fraction of sp³-hybridized carbons (Fsp3) is 0. The first-order chi connectivity index (χ1) is 8.56. The van der Waals surface area contributed by atoms with Crippen LogP contribution in [0.4, 0.5) is 5.69 Å². The van der Waals surface area contributed by atoms with E-state index in [1.165, 1.54) is 12.3 Å². The third-order valence-electron chi connectivity index (χ3n) is 2.17. The smallest absolute Gasteiger partial charge is 0.267 e. The van der Waals surface area contributed by atoms with Crippen LogP contribution in [-0.4, -0.2) is 10.9 Å². The van der Waals surface area contributed by atoms with E-state index in [9.17, 15) is 4.79 Å². The molecule has 6 heteroatoms. The standard InChI is InChI=1S/C12H10ClN3O2/c13-9-5-7(14)1-2-11(9)18-8-3-4-16-10(6-8)12(15)17/h1-6H,14H2,(H2,15,17). The number of hydrogen-bond acceptors (Lipinski definition) is 4. The van der Waals surface area contributed by atoms with Crippen molar-refractivity contribution in [2.75, 3.05) is 5.73 Å². The van der Waals surface area contributed by atoms with Gasteiger partial charge in [0.05, 0.1) is 5.02 Å². The van der Waals surface area contributed by atoms with Gasteiger partial charge in [-0.25, -0.2) is 0 Å². The number of rotatable bonds is 3. The highest BCUT2D eigenvalue weighted by Crippen LogP contribution is 2.30. The van der Waals surface area contributed by atoms with Crippen molar-refractivity contribution < 1.29 is 9.53 Å². The molecule has 0 atom stereocenters. The number of pyridine rings is 1. The number of nitrogens with two attached hydrogens (primary N) is 2. The number of carbonyl (C=O) groups excluding carboxylic acids is 1. The minimum absolute atomic E-state index is 0.124. The SMILES string of the molecule is NC(=O)c1cc(Oc2ccc(N)cc2Cl)ccn1. The van der Waals surface area contributed by atoms with Crippen LogP contribution in [0.2, 0.25) is 5.02 Å². The molecule has 0 spiro atoms. The van der Waals surface area contributed by atoms with E-state index in [1.54, 1.807) is 24.3 Å². The highest BCUT2D eigenvalue weighted by molar-refractivity contribution is 6.32. The molecule has 0 fully saturated rings. The van der Waals surface area contributed by atoms with Crippen molar-refractivity contribution in [1.82, 2.24) is 4.98 Å². The topological polar surface area (TPSA) is 91.2 Å². The van der Waals surface area contributed by atoms with E-state index in [1.807, 2.05) is 0 Å². The van der Waals surface area contributed by atoms with Crippen molar-refractivity contribution in [3.8, 4) is 11.5 Å². The molecule has 0 aliphatic carbocycles. The van der Waals surface area contributed by atoms with Crippen LogP contribution in [0.25, 0.3) is 0 Å². The molecular weight excluding hydrogens is 254 g/mol. The summed E-state index contributed by atoms with van der Waals surface area (Å²) in [5.74, 6) is 0.238. The van der Waals surface area contributed by atoms with Crippen molar-refractivity contribution in [2.24, 2.45) is 5.73 Å². The van der Waals surface area contributed by atoms with Crippen LogP contribution in [0.15, 0.2) is 36.5 Å². The second kappa shape index (κ2) is 4.93. The summed E-state index contributed by atoms with van der Waals surface area (Å²) in [5.41, 5.74) is 11.4. The lowest BCUT2D eigenvalue weighted by atomic mass is 10.3. The Bertz CT molecular complexity index is 602. The molecule has 0 aliphatic rings. The maximum atomic E-state index is 11.0. The van der Waals surface area contributed by atoms with Gasteiger partial charge in [0.1, 0.15) is 17.2 Å². The average molecular weight is 264 g/mol. The highest BCUT2D eigenvalue weighted by Gasteiger charge is 2.07. The zero-order valence-electron chi connectivity index (χ0n) is 9.26. The molecule has 0 saturated carbocycles. The Morgan fingerprint density at radius 1 is 1.28 bits per heavy atom. The molecule has 1 heterocycles. The third kappa shape index (κ3) is 2.70. The lowest BCUT2D eigenvalue weighted by Crippen LogP contribution is -2.12. The number of ether oxygens (including phenoxy) is 1. The third-order valence-corrected chi connectivity index (χ3v) is 2.46. The van der Waals surface area contributed by atoms with Gasteiger partial charge in [-0.1, -0.05) is 11.6 Å². The van der Waals surface area contributed by atoms with Crippen LogP contribution in [0.5, 0.6) is 11.5 Å². The number of hydrogen-bond donors (Lipinski definition) is 2. The van der Waals surface area contributed by atoms with Gasteiger partial charge in [0.25, 0.3) is 5.91 Å². The van der Waals surface area contributed by atoms with E-state index in [4.69, 9.17) is 27.8 Å². The Kier molecular flexibility index (Phi) is 3.34. The van der Waals surface area contributed by atoms with Crippen molar-refractivity contribution in [3.05, 3.63) is 47.2 Å². The lowest BCUT2D eigenvalue weighted by molar-refractivity contribution is 0.0995. The summed E-state index contributed by atoms with van der Waals surface area (Å²) in [5, 5.41) is 0.382. The molecule has 1 aromatic heterocycles. The molecule has 1 aromatic carbocycles. The minimum atomic E-state index is -0.621. The number of aromatic nitrogens is 1. The number of benzene rings is 1. The Morgan fingerprint density at radius 2 is 2.06 bits per heavy atom. The first kappa shape index (κ1) is 12.2. The zero-order valence-corrected chi connectivity index (χ0v) is 10.0. The molecule has 4 N–H and O–H groups in total. The number of nitrogen functional groups attached to an aromatic ring is 1. The second-order valence-electron chi connectivity index (χ2n) is 3.53. The van der Waals surface area contributed by atoms with Gasteiger partial charge in [0.15, 0.2) is 0 Å². The van der Waals surface area contributed by atoms with Crippen molar-refractivity contribution in [1.29, 1.82) is 0 Å². The summed E-state index contributed by atoms with van der Waals surface area (Å²) in [6.07, 6.45) is 1.43. The molecule has 0 radical (unpaired) electrons. The molecule has 18 heavy (non-hydrogen) atoms. The van der Waals surface area contributed by atoms with Gasteiger partial charge in [-0.2, -0.15) is 0 Å². The number of nitrogens with zero attached hydrogens (tertiary/aromatic N) is 1. The Hall–Kier alpha value is -2.27. The van der Waals surface area contributed by atoms with Gasteiger partial charge in [-0.05, 0) is 24.3 Å². The summed E-state index contributed by atoms with van der Waals surface area (Å²) < 4.78 is 5.52. The molecule has 2 aromatic rings. The van der Waals surface area contributed by atoms with E-state index in [-0.39, 0.29) is 5.69 Å². The van der Waals surface area contributed by atoms with Gasteiger partial charge in [-0.3, -0.25) is 9.78 Å². The molecule has 5 nitrogen and oxygen atoms in total. The Labute approximate surface area is 108 Å². The number of amides is 1. The fourth-order valence-corrected chi connectivity index (χ4v) is 1.56. The molecule has 0 bridgehead atoms. The van der Waals surface area contributed by atoms with Crippen LogP contribution in [0, 0.1) is 0 Å².